The van der Waals surface area contributed by atoms with Gasteiger partial charge in [-0.05, 0) is 45.9 Å². The number of carboxylic acid groups (broad SMARTS) is 1. The summed E-state index contributed by atoms with van der Waals surface area (Å²) in [5.41, 5.74) is 3.39. The summed E-state index contributed by atoms with van der Waals surface area (Å²) < 4.78 is 0. The molecule has 0 spiro atoms. The van der Waals surface area contributed by atoms with Crippen LogP contribution in [0.25, 0.3) is 22.5 Å². The Morgan fingerprint density at radius 1 is 1.00 bits per heavy atom. The van der Waals surface area contributed by atoms with E-state index in [9.17, 15) is 29.6 Å². The van der Waals surface area contributed by atoms with Crippen molar-refractivity contribution in [2.75, 3.05) is 0 Å². The van der Waals surface area contributed by atoms with E-state index in [0.717, 1.165) is 27.9 Å². The number of carbonyl (C=O) groups is 3. The quantitative estimate of drug-likeness (QED) is 0.150. The van der Waals surface area contributed by atoms with Crippen LogP contribution in [-0.2, 0) is 27.6 Å². The second kappa shape index (κ2) is 14.8. The highest BCUT2D eigenvalue weighted by Gasteiger charge is 2.32. The van der Waals surface area contributed by atoms with Gasteiger partial charge in [0.05, 0.1) is 0 Å². The Labute approximate surface area is 259 Å². The normalized spacial score (nSPS) is 11.6. The van der Waals surface area contributed by atoms with E-state index in [1.54, 1.807) is 44.2 Å². The molecule has 0 aliphatic heterocycles. The topological polar surface area (TPSA) is 171 Å². The van der Waals surface area contributed by atoms with Crippen LogP contribution in [0.2, 0.25) is 0 Å². The highest BCUT2D eigenvalue weighted by atomic mass is 16.9. The van der Waals surface area contributed by atoms with E-state index in [4.69, 9.17) is 0 Å². The van der Waals surface area contributed by atoms with Crippen LogP contribution in [0, 0.1) is 16.0 Å². The van der Waals surface area contributed by atoms with Gasteiger partial charge in [-0.15, -0.1) is 20.3 Å². The maximum atomic E-state index is 13.2. The number of carboxylic acids is 1. The summed E-state index contributed by atoms with van der Waals surface area (Å²) >= 11 is 0. The number of amides is 1. The van der Waals surface area contributed by atoms with Gasteiger partial charge in [-0.3, -0.25) is 9.59 Å². The predicted molar refractivity (Wildman–Crippen MR) is 163 cm³/mol. The van der Waals surface area contributed by atoms with Crippen LogP contribution in [0.15, 0.2) is 72.8 Å². The molecule has 1 aromatic heterocycles. The molecule has 13 heteroatoms. The minimum atomic E-state index is -1.03. The van der Waals surface area contributed by atoms with Gasteiger partial charge in [0.2, 0.25) is 11.7 Å². The molecule has 45 heavy (non-hydrogen) atoms. The molecule has 4 rings (SSSR count). The molecule has 0 aliphatic carbocycles. The second-order valence-electron chi connectivity index (χ2n) is 10.8. The van der Waals surface area contributed by atoms with Gasteiger partial charge in [0, 0.05) is 24.1 Å². The third-order valence-electron chi connectivity index (χ3n) is 7.24. The van der Waals surface area contributed by atoms with Gasteiger partial charge in [-0.1, -0.05) is 98.7 Å². The third-order valence-corrected chi connectivity index (χ3v) is 7.24. The maximum absolute atomic E-state index is 13.2. The zero-order chi connectivity index (χ0) is 32.5. The molecule has 0 radical (unpaired) electrons. The first-order chi connectivity index (χ1) is 21.6. The molecule has 1 amide bonds. The van der Waals surface area contributed by atoms with E-state index >= 15 is 0 Å². The van der Waals surface area contributed by atoms with Gasteiger partial charge in [0.25, 0.3) is 11.0 Å². The number of benzene rings is 3. The molecule has 4 aromatic rings. The van der Waals surface area contributed by atoms with Crippen LogP contribution in [0.5, 0.6) is 0 Å². The van der Waals surface area contributed by atoms with Crippen molar-refractivity contribution in [3.8, 4) is 22.5 Å². The summed E-state index contributed by atoms with van der Waals surface area (Å²) in [7, 11) is 0. The first-order valence-electron chi connectivity index (χ1n) is 14.5. The average molecular weight is 615 g/mol. The second-order valence-corrected chi connectivity index (χ2v) is 10.8. The van der Waals surface area contributed by atoms with E-state index in [-0.39, 0.29) is 36.2 Å². The van der Waals surface area contributed by atoms with Crippen molar-refractivity contribution in [1.29, 1.82) is 0 Å². The molecule has 0 aliphatic rings. The SMILES string of the molecule is CCCCC(=O)N(Cc1ccc(-c2ccccc2-c2nnn(C(=O)c3ccccc3CO[N+](=O)[O-])n2)cc1)[C@@H](C(=O)O)C(C)C. The lowest BCUT2D eigenvalue weighted by atomic mass is 9.97. The van der Waals surface area contributed by atoms with Gasteiger partial charge in [-0.2, -0.15) is 0 Å². The predicted octanol–water partition coefficient (Wildman–Crippen LogP) is 5.03. The highest BCUT2D eigenvalue weighted by molar-refractivity contribution is 5.96. The summed E-state index contributed by atoms with van der Waals surface area (Å²) in [6.07, 6.45) is 1.80. The largest absolute Gasteiger partial charge is 0.480 e. The molecule has 1 N–H and O–H groups in total. The van der Waals surface area contributed by atoms with Crippen LogP contribution >= 0.6 is 0 Å². The standard InChI is InChI=1S/C32H34N6O7/c1-4-5-14-28(39)36(29(21(2)3)32(41)42)19-22-15-17-23(18-16-22)25-11-8-9-13-27(25)30-33-35-37(34-30)31(40)26-12-7-6-10-24(26)20-45-38(43)44/h6-13,15-18,21,29H,4-5,14,19-20H2,1-3H3,(H,41,42)/t29-/m1/s1. The number of aliphatic carboxylic acids is 1. The van der Waals surface area contributed by atoms with Crippen molar-refractivity contribution in [1.82, 2.24) is 25.1 Å². The Bertz CT molecular complexity index is 1670. The van der Waals surface area contributed by atoms with Crippen LogP contribution in [0.4, 0.5) is 0 Å². The molecule has 0 saturated carbocycles. The summed E-state index contributed by atoms with van der Waals surface area (Å²) in [6, 6.07) is 20.1. The molecule has 1 atom stereocenters. The first kappa shape index (κ1) is 32.5. The first-order valence-corrected chi connectivity index (χ1v) is 14.5. The summed E-state index contributed by atoms with van der Waals surface area (Å²) in [5, 5.41) is 32.0. The molecule has 0 saturated heterocycles. The zero-order valence-electron chi connectivity index (χ0n) is 25.2. The van der Waals surface area contributed by atoms with Crippen molar-refractivity contribution in [2.24, 2.45) is 5.92 Å². The molecular formula is C32H34N6O7. The van der Waals surface area contributed by atoms with E-state index in [0.29, 0.717) is 17.5 Å². The van der Waals surface area contributed by atoms with E-state index < -0.39 is 29.6 Å². The maximum Gasteiger partial charge on any atom is 0.326 e. The number of aromatic nitrogens is 4. The Hall–Kier alpha value is -5.46. The van der Waals surface area contributed by atoms with Crippen molar-refractivity contribution in [3.05, 3.63) is 99.6 Å². The van der Waals surface area contributed by atoms with Gasteiger partial charge >= 0.3 is 5.97 Å². The molecule has 3 aromatic carbocycles. The number of unbranched alkanes of at least 4 members (excludes halogenated alkanes) is 1. The zero-order valence-corrected chi connectivity index (χ0v) is 25.2. The minimum Gasteiger partial charge on any atom is -0.480 e. The Morgan fingerprint density at radius 2 is 1.67 bits per heavy atom. The van der Waals surface area contributed by atoms with Crippen LogP contribution in [0.1, 0.15) is 61.5 Å². The third kappa shape index (κ3) is 7.93. The number of hydrogen-bond donors (Lipinski definition) is 1. The summed E-state index contributed by atoms with van der Waals surface area (Å²) in [5.74, 6) is -1.93. The summed E-state index contributed by atoms with van der Waals surface area (Å²) in [6.45, 7) is 5.32. The highest BCUT2D eigenvalue weighted by Crippen LogP contribution is 2.30. The lowest BCUT2D eigenvalue weighted by Gasteiger charge is -2.32. The van der Waals surface area contributed by atoms with Crippen molar-refractivity contribution >= 4 is 17.8 Å². The van der Waals surface area contributed by atoms with Crippen LogP contribution < -0.4 is 0 Å². The Kier molecular flexibility index (Phi) is 10.7. The fourth-order valence-corrected chi connectivity index (χ4v) is 5.00. The number of nitrogens with zero attached hydrogens (tertiary/aromatic N) is 6. The lowest BCUT2D eigenvalue weighted by Crippen LogP contribution is -2.47. The molecule has 234 valence electrons. The van der Waals surface area contributed by atoms with Crippen molar-refractivity contribution in [3.63, 3.8) is 0 Å². The molecule has 0 unspecified atom stereocenters. The number of tetrazole rings is 1. The monoisotopic (exact) mass is 614 g/mol. The number of carbonyl (C=O) groups excluding carboxylic acids is 2. The number of hydrogen-bond acceptors (Lipinski definition) is 9. The van der Waals surface area contributed by atoms with Crippen molar-refractivity contribution in [2.45, 2.75) is 59.2 Å². The lowest BCUT2D eigenvalue weighted by molar-refractivity contribution is -0.763. The molecule has 1 heterocycles. The Balaban J connectivity index is 1.59. The van der Waals surface area contributed by atoms with Crippen LogP contribution in [-0.4, -0.2) is 59.1 Å². The van der Waals surface area contributed by atoms with Gasteiger partial charge in [0.15, 0.2) is 0 Å². The van der Waals surface area contributed by atoms with E-state index in [2.05, 4.69) is 20.2 Å². The minimum absolute atomic E-state index is 0.136. The van der Waals surface area contributed by atoms with E-state index in [1.165, 1.54) is 11.0 Å². The Morgan fingerprint density at radius 3 is 2.31 bits per heavy atom. The summed E-state index contributed by atoms with van der Waals surface area (Å²) in [4.78, 5) is 55.7. The van der Waals surface area contributed by atoms with Gasteiger partial charge in [-0.25, -0.2) is 4.79 Å². The fraction of sp³-hybridized carbons (Fsp3) is 0.312. The van der Waals surface area contributed by atoms with Crippen molar-refractivity contribution < 1.29 is 29.4 Å². The molecule has 0 bridgehead atoms. The smallest absolute Gasteiger partial charge is 0.326 e. The average Bonchev–Trinajstić information content (AvgIpc) is 3.52. The van der Waals surface area contributed by atoms with Crippen LogP contribution in [0.3, 0.4) is 0 Å². The van der Waals surface area contributed by atoms with Gasteiger partial charge < -0.3 is 14.8 Å². The molecule has 13 nitrogen and oxygen atoms in total. The van der Waals surface area contributed by atoms with Gasteiger partial charge in [0.1, 0.15) is 12.6 Å². The molecule has 0 fully saturated rings. The molecular weight excluding hydrogens is 580 g/mol. The fourth-order valence-electron chi connectivity index (χ4n) is 5.00. The van der Waals surface area contributed by atoms with E-state index in [1.807, 2.05) is 43.3 Å². The number of rotatable bonds is 14.